The predicted molar refractivity (Wildman–Crippen MR) is 90.4 cm³/mol. The highest BCUT2D eigenvalue weighted by Gasteiger charge is 2.05. The lowest BCUT2D eigenvalue weighted by molar-refractivity contribution is 0.298. The maximum Gasteiger partial charge on any atom is 0.292 e. The van der Waals surface area contributed by atoms with Crippen molar-refractivity contribution < 1.29 is 4.74 Å². The lowest BCUT2D eigenvalue weighted by atomic mass is 10.0. The number of aryl methyl sites for hydroxylation is 1. The number of ether oxygens (including phenoxy) is 1. The minimum atomic E-state index is -0.149. The summed E-state index contributed by atoms with van der Waals surface area (Å²) < 4.78 is 7.26. The molecule has 0 saturated carbocycles. The topological polar surface area (TPSA) is 55.0 Å². The second-order valence-corrected chi connectivity index (χ2v) is 5.82. The molecule has 0 aliphatic heterocycles. The van der Waals surface area contributed by atoms with Gasteiger partial charge in [-0.1, -0.05) is 38.1 Å². The standard InChI is InChI=1S/C19H22N2O2/c1-15(2)17-9-7-16(8-10-17)14-23-18-6-5-13-21(19(18)22)12-4-3-11-20/h5-10,13,15H,3-4,12,14H2,1-2H3. The van der Waals surface area contributed by atoms with E-state index in [9.17, 15) is 4.79 Å². The van der Waals surface area contributed by atoms with Crippen molar-refractivity contribution in [3.8, 4) is 11.8 Å². The molecule has 0 fully saturated rings. The predicted octanol–water partition coefficient (Wildman–Crippen LogP) is 3.85. The van der Waals surface area contributed by atoms with E-state index < -0.39 is 0 Å². The van der Waals surface area contributed by atoms with Crippen LogP contribution in [0.25, 0.3) is 0 Å². The molecular weight excluding hydrogens is 288 g/mol. The van der Waals surface area contributed by atoms with Gasteiger partial charge in [-0.05, 0) is 35.6 Å². The van der Waals surface area contributed by atoms with Crippen LogP contribution in [0, 0.1) is 11.3 Å². The maximum absolute atomic E-state index is 12.3. The number of aromatic nitrogens is 1. The first-order chi connectivity index (χ1) is 11.1. The van der Waals surface area contributed by atoms with Crippen LogP contribution in [0.15, 0.2) is 47.4 Å². The molecule has 0 amide bonds. The molecule has 2 rings (SSSR count). The van der Waals surface area contributed by atoms with Gasteiger partial charge in [0.05, 0.1) is 6.07 Å². The van der Waals surface area contributed by atoms with Gasteiger partial charge in [0.2, 0.25) is 0 Å². The first-order valence-electron chi connectivity index (χ1n) is 7.90. The lowest BCUT2D eigenvalue weighted by Crippen LogP contribution is -2.21. The van der Waals surface area contributed by atoms with Crippen molar-refractivity contribution in [2.45, 2.75) is 45.8 Å². The molecule has 0 aliphatic carbocycles. The Morgan fingerprint density at radius 3 is 2.61 bits per heavy atom. The van der Waals surface area contributed by atoms with Crippen molar-refractivity contribution in [3.63, 3.8) is 0 Å². The number of unbranched alkanes of at least 4 members (excludes halogenated alkanes) is 1. The van der Waals surface area contributed by atoms with E-state index in [2.05, 4.69) is 32.0 Å². The van der Waals surface area contributed by atoms with Crippen LogP contribution in [-0.2, 0) is 13.2 Å². The van der Waals surface area contributed by atoms with Crippen molar-refractivity contribution >= 4 is 0 Å². The molecule has 120 valence electrons. The molecule has 4 heteroatoms. The zero-order valence-corrected chi connectivity index (χ0v) is 13.7. The van der Waals surface area contributed by atoms with Crippen LogP contribution in [0.1, 0.15) is 43.7 Å². The summed E-state index contributed by atoms with van der Waals surface area (Å²) in [4.78, 5) is 12.3. The number of nitriles is 1. The smallest absolute Gasteiger partial charge is 0.292 e. The normalized spacial score (nSPS) is 10.5. The van der Waals surface area contributed by atoms with E-state index in [-0.39, 0.29) is 5.56 Å². The number of benzene rings is 1. The minimum absolute atomic E-state index is 0.149. The average molecular weight is 310 g/mol. The highest BCUT2D eigenvalue weighted by molar-refractivity contribution is 5.25. The molecule has 4 nitrogen and oxygen atoms in total. The SMILES string of the molecule is CC(C)c1ccc(COc2cccn(CCCC#N)c2=O)cc1. The van der Waals surface area contributed by atoms with Gasteiger partial charge in [0.1, 0.15) is 6.61 Å². The van der Waals surface area contributed by atoms with Crippen molar-refractivity contribution in [1.82, 2.24) is 4.57 Å². The van der Waals surface area contributed by atoms with Gasteiger partial charge in [-0.3, -0.25) is 4.79 Å². The molecule has 0 aliphatic rings. The largest absolute Gasteiger partial charge is 0.483 e. The summed E-state index contributed by atoms with van der Waals surface area (Å²) in [6.07, 6.45) is 2.83. The summed E-state index contributed by atoms with van der Waals surface area (Å²) in [6.45, 7) is 5.22. The Kier molecular flexibility index (Phi) is 5.99. The van der Waals surface area contributed by atoms with Crippen molar-refractivity contribution in [2.24, 2.45) is 0 Å². The fourth-order valence-electron chi connectivity index (χ4n) is 2.29. The molecule has 23 heavy (non-hydrogen) atoms. The summed E-state index contributed by atoms with van der Waals surface area (Å²) in [6, 6.07) is 13.8. The second-order valence-electron chi connectivity index (χ2n) is 5.82. The molecular formula is C19H22N2O2. The summed E-state index contributed by atoms with van der Waals surface area (Å²) in [5.41, 5.74) is 2.17. The van der Waals surface area contributed by atoms with Gasteiger partial charge in [-0.25, -0.2) is 0 Å². The fraction of sp³-hybridized carbons (Fsp3) is 0.368. The van der Waals surface area contributed by atoms with Gasteiger partial charge < -0.3 is 9.30 Å². The Labute approximate surface area is 137 Å². The molecule has 0 bridgehead atoms. The van der Waals surface area contributed by atoms with Crippen molar-refractivity contribution in [3.05, 3.63) is 64.1 Å². The summed E-state index contributed by atoms with van der Waals surface area (Å²) >= 11 is 0. The molecule has 0 atom stereocenters. The summed E-state index contributed by atoms with van der Waals surface area (Å²) in [7, 11) is 0. The van der Waals surface area contributed by atoms with E-state index in [1.165, 1.54) is 5.56 Å². The van der Waals surface area contributed by atoms with Crippen LogP contribution in [0.5, 0.6) is 5.75 Å². The Bertz CT molecular complexity index is 724. The highest BCUT2D eigenvalue weighted by atomic mass is 16.5. The van der Waals surface area contributed by atoms with Crippen LogP contribution in [0.4, 0.5) is 0 Å². The fourth-order valence-corrected chi connectivity index (χ4v) is 2.29. The maximum atomic E-state index is 12.3. The highest BCUT2D eigenvalue weighted by Crippen LogP contribution is 2.15. The van der Waals surface area contributed by atoms with Gasteiger partial charge >= 0.3 is 0 Å². The zero-order chi connectivity index (χ0) is 16.7. The number of nitrogens with zero attached hydrogens (tertiary/aromatic N) is 2. The zero-order valence-electron chi connectivity index (χ0n) is 13.7. The number of hydrogen-bond acceptors (Lipinski definition) is 3. The van der Waals surface area contributed by atoms with Crippen molar-refractivity contribution in [2.75, 3.05) is 0 Å². The first-order valence-corrected chi connectivity index (χ1v) is 7.90. The molecule has 2 aromatic rings. The van der Waals surface area contributed by atoms with Gasteiger partial charge in [0, 0.05) is 19.2 Å². The van der Waals surface area contributed by atoms with Gasteiger partial charge in [-0.15, -0.1) is 0 Å². The number of hydrogen-bond donors (Lipinski definition) is 0. The van der Waals surface area contributed by atoms with E-state index in [4.69, 9.17) is 10.00 Å². The van der Waals surface area contributed by atoms with Gasteiger partial charge in [0.15, 0.2) is 5.75 Å². The average Bonchev–Trinajstić information content (AvgIpc) is 2.56. The first kappa shape index (κ1) is 16.8. The van der Waals surface area contributed by atoms with Crippen LogP contribution in [0.3, 0.4) is 0 Å². The molecule has 0 radical (unpaired) electrons. The third-order valence-electron chi connectivity index (χ3n) is 3.71. The van der Waals surface area contributed by atoms with E-state index in [0.29, 0.717) is 37.7 Å². The van der Waals surface area contributed by atoms with E-state index in [0.717, 1.165) is 5.56 Å². The molecule has 1 aromatic heterocycles. The molecule has 0 saturated heterocycles. The minimum Gasteiger partial charge on any atom is -0.483 e. The van der Waals surface area contributed by atoms with Crippen molar-refractivity contribution in [1.29, 1.82) is 5.26 Å². The Morgan fingerprint density at radius 2 is 1.96 bits per heavy atom. The Morgan fingerprint density at radius 1 is 1.22 bits per heavy atom. The Hall–Kier alpha value is -2.54. The Balaban J connectivity index is 2.01. The van der Waals surface area contributed by atoms with Crippen LogP contribution >= 0.6 is 0 Å². The van der Waals surface area contributed by atoms with Crippen LogP contribution in [-0.4, -0.2) is 4.57 Å². The quantitative estimate of drug-likeness (QED) is 0.730. The third kappa shape index (κ3) is 4.72. The number of pyridine rings is 1. The lowest BCUT2D eigenvalue weighted by Gasteiger charge is -2.10. The third-order valence-corrected chi connectivity index (χ3v) is 3.71. The molecule has 0 spiro atoms. The second kappa shape index (κ2) is 8.19. The van der Waals surface area contributed by atoms with E-state index >= 15 is 0 Å². The summed E-state index contributed by atoms with van der Waals surface area (Å²) in [5, 5.41) is 8.57. The number of rotatable bonds is 7. The van der Waals surface area contributed by atoms with Crippen LogP contribution in [0.2, 0.25) is 0 Å². The molecule has 0 unspecified atom stereocenters. The van der Waals surface area contributed by atoms with Gasteiger partial charge in [-0.2, -0.15) is 5.26 Å². The summed E-state index contributed by atoms with van der Waals surface area (Å²) in [5.74, 6) is 0.845. The molecule has 1 heterocycles. The van der Waals surface area contributed by atoms with Crippen LogP contribution < -0.4 is 10.3 Å². The van der Waals surface area contributed by atoms with E-state index in [1.54, 1.807) is 22.9 Å². The van der Waals surface area contributed by atoms with E-state index in [1.807, 2.05) is 12.1 Å². The monoisotopic (exact) mass is 310 g/mol. The molecule has 1 aromatic carbocycles. The van der Waals surface area contributed by atoms with Gasteiger partial charge in [0.25, 0.3) is 5.56 Å². The molecule has 0 N–H and O–H groups in total.